The predicted octanol–water partition coefficient (Wildman–Crippen LogP) is 3.96. The molecule has 0 amide bonds. The van der Waals surface area contributed by atoms with Crippen molar-refractivity contribution in [2.24, 2.45) is 11.7 Å². The number of hydrogen-bond donors (Lipinski definition) is 1. The lowest BCUT2D eigenvalue weighted by atomic mass is 9.91. The molecule has 17 heavy (non-hydrogen) atoms. The van der Waals surface area contributed by atoms with Gasteiger partial charge in [0.15, 0.2) is 0 Å². The standard InChI is InChI=1S/C14H20FNS/c1-10-3-2-4-12(7-10)17-14-6-5-11(9-16)8-13(14)15/h5-6,8,10,12H,2-4,7,9,16H2,1H3. The summed E-state index contributed by atoms with van der Waals surface area (Å²) in [5.41, 5.74) is 6.36. The molecule has 3 heteroatoms. The number of thioether (sulfide) groups is 1. The van der Waals surface area contributed by atoms with Crippen molar-refractivity contribution in [1.82, 2.24) is 0 Å². The molecule has 1 saturated carbocycles. The molecule has 0 spiro atoms. The summed E-state index contributed by atoms with van der Waals surface area (Å²) in [5.74, 6) is 0.670. The molecule has 2 unspecified atom stereocenters. The first-order valence-electron chi connectivity index (χ1n) is 6.34. The van der Waals surface area contributed by atoms with Gasteiger partial charge in [-0.3, -0.25) is 0 Å². The zero-order valence-corrected chi connectivity index (χ0v) is 11.1. The van der Waals surface area contributed by atoms with Gasteiger partial charge in [-0.15, -0.1) is 11.8 Å². The van der Waals surface area contributed by atoms with Crippen molar-refractivity contribution >= 4 is 11.8 Å². The summed E-state index contributed by atoms with van der Waals surface area (Å²) in [6.45, 7) is 2.70. The molecule has 1 aliphatic rings. The molecular weight excluding hydrogens is 233 g/mol. The molecule has 0 radical (unpaired) electrons. The third-order valence-electron chi connectivity index (χ3n) is 3.41. The molecule has 0 bridgehead atoms. The molecule has 2 rings (SSSR count). The van der Waals surface area contributed by atoms with E-state index in [9.17, 15) is 4.39 Å². The van der Waals surface area contributed by atoms with E-state index < -0.39 is 0 Å². The monoisotopic (exact) mass is 253 g/mol. The Labute approximate surface area is 107 Å². The van der Waals surface area contributed by atoms with Crippen molar-refractivity contribution in [3.63, 3.8) is 0 Å². The Hall–Kier alpha value is -0.540. The van der Waals surface area contributed by atoms with E-state index >= 15 is 0 Å². The number of hydrogen-bond acceptors (Lipinski definition) is 2. The lowest BCUT2D eigenvalue weighted by molar-refractivity contribution is 0.394. The van der Waals surface area contributed by atoms with E-state index in [4.69, 9.17) is 5.73 Å². The minimum Gasteiger partial charge on any atom is -0.326 e. The van der Waals surface area contributed by atoms with Crippen LogP contribution in [0.1, 0.15) is 38.2 Å². The Morgan fingerprint density at radius 1 is 1.41 bits per heavy atom. The smallest absolute Gasteiger partial charge is 0.137 e. The molecule has 94 valence electrons. The third-order valence-corrected chi connectivity index (χ3v) is 4.76. The van der Waals surface area contributed by atoms with Gasteiger partial charge in [-0.05, 0) is 36.5 Å². The SMILES string of the molecule is CC1CCCC(Sc2ccc(CN)cc2F)C1. The molecular formula is C14H20FNS. The van der Waals surface area contributed by atoms with E-state index in [1.807, 2.05) is 12.1 Å². The summed E-state index contributed by atoms with van der Waals surface area (Å²) in [6.07, 6.45) is 5.03. The zero-order valence-electron chi connectivity index (χ0n) is 10.3. The molecule has 2 N–H and O–H groups in total. The Morgan fingerprint density at radius 2 is 2.24 bits per heavy atom. The number of nitrogens with two attached hydrogens (primary N) is 1. The first-order valence-corrected chi connectivity index (χ1v) is 7.22. The molecule has 0 heterocycles. The highest BCUT2D eigenvalue weighted by Crippen LogP contribution is 2.37. The van der Waals surface area contributed by atoms with Crippen LogP contribution in [0.5, 0.6) is 0 Å². The molecule has 1 nitrogen and oxygen atoms in total. The fraction of sp³-hybridized carbons (Fsp3) is 0.571. The molecule has 1 aromatic carbocycles. The van der Waals surface area contributed by atoms with Gasteiger partial charge in [-0.2, -0.15) is 0 Å². The second-order valence-corrected chi connectivity index (χ2v) is 6.32. The molecule has 0 aromatic heterocycles. The van der Waals surface area contributed by atoms with Gasteiger partial charge >= 0.3 is 0 Å². The Morgan fingerprint density at radius 3 is 2.88 bits per heavy atom. The molecule has 2 atom stereocenters. The highest BCUT2D eigenvalue weighted by Gasteiger charge is 2.20. The summed E-state index contributed by atoms with van der Waals surface area (Å²) in [7, 11) is 0. The van der Waals surface area contributed by atoms with Crippen LogP contribution < -0.4 is 5.73 Å². The Kier molecular flexibility index (Phi) is 4.46. The van der Waals surface area contributed by atoms with Crippen molar-refractivity contribution in [3.8, 4) is 0 Å². The second kappa shape index (κ2) is 5.87. The third kappa shape index (κ3) is 3.46. The summed E-state index contributed by atoms with van der Waals surface area (Å²) in [4.78, 5) is 0.779. The Balaban J connectivity index is 2.02. The average molecular weight is 253 g/mol. The minimum atomic E-state index is -0.115. The molecule has 1 fully saturated rings. The van der Waals surface area contributed by atoms with Crippen molar-refractivity contribution in [2.45, 2.75) is 49.3 Å². The van der Waals surface area contributed by atoms with Gasteiger partial charge < -0.3 is 5.73 Å². The summed E-state index contributed by atoms with van der Waals surface area (Å²) >= 11 is 1.70. The van der Waals surface area contributed by atoms with E-state index in [2.05, 4.69) is 6.92 Å². The van der Waals surface area contributed by atoms with Crippen molar-refractivity contribution in [3.05, 3.63) is 29.6 Å². The van der Waals surface area contributed by atoms with Crippen LogP contribution in [0.3, 0.4) is 0 Å². The number of benzene rings is 1. The molecule has 0 aliphatic heterocycles. The van der Waals surface area contributed by atoms with Crippen molar-refractivity contribution < 1.29 is 4.39 Å². The van der Waals surface area contributed by atoms with Crippen LogP contribution in [0.2, 0.25) is 0 Å². The van der Waals surface area contributed by atoms with Gasteiger partial charge in [0.25, 0.3) is 0 Å². The number of rotatable bonds is 3. The van der Waals surface area contributed by atoms with Crippen molar-refractivity contribution in [1.29, 1.82) is 0 Å². The van der Waals surface area contributed by atoms with Crippen LogP contribution in [0, 0.1) is 11.7 Å². The average Bonchev–Trinajstić information content (AvgIpc) is 2.32. The maximum atomic E-state index is 13.8. The summed E-state index contributed by atoms with van der Waals surface area (Å²) in [6, 6.07) is 5.37. The van der Waals surface area contributed by atoms with Crippen LogP contribution in [0.4, 0.5) is 4.39 Å². The lowest BCUT2D eigenvalue weighted by Crippen LogP contribution is -2.15. The maximum Gasteiger partial charge on any atom is 0.137 e. The largest absolute Gasteiger partial charge is 0.326 e. The topological polar surface area (TPSA) is 26.0 Å². The predicted molar refractivity (Wildman–Crippen MR) is 71.6 cm³/mol. The van der Waals surface area contributed by atoms with Crippen LogP contribution >= 0.6 is 11.8 Å². The van der Waals surface area contributed by atoms with Gasteiger partial charge in [-0.25, -0.2) is 4.39 Å². The van der Waals surface area contributed by atoms with E-state index in [1.165, 1.54) is 25.7 Å². The van der Waals surface area contributed by atoms with Crippen LogP contribution in [-0.4, -0.2) is 5.25 Å². The highest BCUT2D eigenvalue weighted by molar-refractivity contribution is 8.00. The van der Waals surface area contributed by atoms with Gasteiger partial charge in [-0.1, -0.05) is 25.8 Å². The van der Waals surface area contributed by atoms with E-state index in [0.29, 0.717) is 11.8 Å². The van der Waals surface area contributed by atoms with Gasteiger partial charge in [0, 0.05) is 16.7 Å². The first-order chi connectivity index (χ1) is 8.19. The van der Waals surface area contributed by atoms with Crippen LogP contribution in [-0.2, 0) is 6.54 Å². The highest BCUT2D eigenvalue weighted by atomic mass is 32.2. The van der Waals surface area contributed by atoms with Gasteiger partial charge in [0.1, 0.15) is 5.82 Å². The summed E-state index contributed by atoms with van der Waals surface area (Å²) in [5, 5.41) is 0.581. The van der Waals surface area contributed by atoms with Crippen molar-refractivity contribution in [2.75, 3.05) is 0 Å². The van der Waals surface area contributed by atoms with Crippen LogP contribution in [0.25, 0.3) is 0 Å². The number of halogens is 1. The molecule has 1 aromatic rings. The normalized spacial score (nSPS) is 24.9. The van der Waals surface area contributed by atoms with E-state index in [0.717, 1.165) is 16.4 Å². The van der Waals surface area contributed by atoms with Crippen LogP contribution in [0.15, 0.2) is 23.1 Å². The van der Waals surface area contributed by atoms with Gasteiger partial charge in [0.2, 0.25) is 0 Å². The Bertz CT molecular complexity index is 380. The molecule has 0 saturated heterocycles. The second-order valence-electron chi connectivity index (χ2n) is 4.98. The summed E-state index contributed by atoms with van der Waals surface area (Å²) < 4.78 is 13.8. The van der Waals surface area contributed by atoms with E-state index in [-0.39, 0.29) is 5.82 Å². The first kappa shape index (κ1) is 12.9. The fourth-order valence-electron chi connectivity index (χ4n) is 2.43. The zero-order chi connectivity index (χ0) is 12.3. The van der Waals surface area contributed by atoms with Gasteiger partial charge in [0.05, 0.1) is 0 Å². The fourth-order valence-corrected chi connectivity index (χ4v) is 3.82. The minimum absolute atomic E-state index is 0.115. The molecule has 1 aliphatic carbocycles. The quantitative estimate of drug-likeness (QED) is 0.882. The maximum absolute atomic E-state index is 13.8. The lowest BCUT2D eigenvalue weighted by Gasteiger charge is -2.26. The van der Waals surface area contributed by atoms with E-state index in [1.54, 1.807) is 17.8 Å².